The largest absolute Gasteiger partial charge is 0.241 e. The topological polar surface area (TPSA) is 64.0 Å². The summed E-state index contributed by atoms with van der Waals surface area (Å²) in [4.78, 5) is 0.305. The Morgan fingerprint density at radius 1 is 0.900 bits per heavy atom. The molecule has 3 aromatic carbocycles. The van der Waals surface area contributed by atoms with Crippen LogP contribution in [0.25, 0.3) is 16.9 Å². The van der Waals surface area contributed by atoms with Gasteiger partial charge in [-0.15, -0.1) is 0 Å². The Bertz CT molecular complexity index is 1260. The zero-order chi connectivity index (χ0) is 21.1. The molecule has 0 saturated heterocycles. The molecule has 30 heavy (non-hydrogen) atoms. The highest BCUT2D eigenvalue weighted by molar-refractivity contribution is 7.89. The smallest absolute Gasteiger partial charge is 0.240 e. The monoisotopic (exact) mass is 417 g/mol. The molecule has 0 radical (unpaired) electrons. The molecule has 0 bridgehead atoms. The van der Waals surface area contributed by atoms with E-state index < -0.39 is 10.0 Å². The number of para-hydroxylation sites is 1. The summed E-state index contributed by atoms with van der Waals surface area (Å²) in [5.74, 6) is 0. The van der Waals surface area contributed by atoms with E-state index in [1.165, 1.54) is 0 Å². The van der Waals surface area contributed by atoms with E-state index >= 15 is 0 Å². The van der Waals surface area contributed by atoms with E-state index in [0.717, 1.165) is 33.6 Å². The van der Waals surface area contributed by atoms with Crippen molar-refractivity contribution in [2.24, 2.45) is 0 Å². The molecule has 0 unspecified atom stereocenters. The molecule has 5 nitrogen and oxygen atoms in total. The maximum atomic E-state index is 13.0. The molecule has 4 rings (SSSR count). The first-order valence-corrected chi connectivity index (χ1v) is 11.2. The van der Waals surface area contributed by atoms with Gasteiger partial charge in [0.1, 0.15) is 0 Å². The van der Waals surface area contributed by atoms with E-state index in [-0.39, 0.29) is 6.54 Å². The number of sulfonamides is 1. The summed E-state index contributed by atoms with van der Waals surface area (Å²) < 4.78 is 30.5. The predicted molar refractivity (Wildman–Crippen MR) is 119 cm³/mol. The quantitative estimate of drug-likeness (QED) is 0.497. The van der Waals surface area contributed by atoms with Crippen molar-refractivity contribution in [1.29, 1.82) is 0 Å². The summed E-state index contributed by atoms with van der Waals surface area (Å²) in [6.45, 7) is 3.83. The Hall–Kier alpha value is -3.22. The zero-order valence-electron chi connectivity index (χ0n) is 16.9. The highest BCUT2D eigenvalue weighted by atomic mass is 32.2. The molecule has 0 aliphatic rings. The summed E-state index contributed by atoms with van der Waals surface area (Å²) in [5.41, 5.74) is 5.03. The second-order valence-electron chi connectivity index (χ2n) is 7.24. The fraction of sp³-hybridized carbons (Fsp3) is 0.125. The van der Waals surface area contributed by atoms with Gasteiger partial charge in [-0.3, -0.25) is 0 Å². The van der Waals surface area contributed by atoms with Crippen LogP contribution < -0.4 is 4.72 Å². The minimum absolute atomic E-state index is 0.146. The predicted octanol–water partition coefficient (Wildman–Crippen LogP) is 4.63. The van der Waals surface area contributed by atoms with Gasteiger partial charge in [0.25, 0.3) is 0 Å². The fourth-order valence-electron chi connectivity index (χ4n) is 3.34. The van der Waals surface area contributed by atoms with Crippen molar-refractivity contribution in [1.82, 2.24) is 14.5 Å². The maximum Gasteiger partial charge on any atom is 0.241 e. The Morgan fingerprint density at radius 3 is 2.27 bits per heavy atom. The van der Waals surface area contributed by atoms with Gasteiger partial charge in [0.05, 0.1) is 16.3 Å². The summed E-state index contributed by atoms with van der Waals surface area (Å²) >= 11 is 0. The zero-order valence-corrected chi connectivity index (χ0v) is 17.7. The van der Waals surface area contributed by atoms with Crippen LogP contribution in [0.5, 0.6) is 0 Å². The molecule has 0 aliphatic heterocycles. The highest BCUT2D eigenvalue weighted by Gasteiger charge is 2.19. The fourth-order valence-corrected chi connectivity index (χ4v) is 4.67. The van der Waals surface area contributed by atoms with Gasteiger partial charge in [-0.1, -0.05) is 60.7 Å². The van der Waals surface area contributed by atoms with Crippen LogP contribution in [0.1, 0.15) is 16.7 Å². The second-order valence-corrected chi connectivity index (χ2v) is 8.98. The average molecular weight is 418 g/mol. The third-order valence-electron chi connectivity index (χ3n) is 4.94. The minimum Gasteiger partial charge on any atom is -0.240 e. The molecule has 0 atom stereocenters. The Kier molecular flexibility index (Phi) is 5.53. The molecule has 4 aromatic rings. The number of nitrogens with one attached hydrogen (secondary N) is 1. The van der Waals surface area contributed by atoms with Crippen LogP contribution in [-0.4, -0.2) is 18.2 Å². The van der Waals surface area contributed by atoms with E-state index in [4.69, 9.17) is 5.10 Å². The second kappa shape index (κ2) is 8.26. The van der Waals surface area contributed by atoms with Crippen molar-refractivity contribution < 1.29 is 8.42 Å². The number of rotatable bonds is 6. The molecule has 1 N–H and O–H groups in total. The van der Waals surface area contributed by atoms with Gasteiger partial charge in [-0.25, -0.2) is 17.8 Å². The number of hydrogen-bond acceptors (Lipinski definition) is 3. The standard InChI is InChI=1S/C24H23N3O2S/c1-18-13-14-19(2)23(15-18)30(28,29)25-16-21-17-27(22-11-7-4-8-12-22)26-24(21)20-9-5-3-6-10-20/h3-15,17,25H,16H2,1-2H3. The van der Waals surface area contributed by atoms with Crippen LogP contribution >= 0.6 is 0 Å². The Balaban J connectivity index is 1.69. The molecule has 1 heterocycles. The van der Waals surface area contributed by atoms with Gasteiger partial charge in [0.2, 0.25) is 10.0 Å². The lowest BCUT2D eigenvalue weighted by Gasteiger charge is -2.10. The molecule has 0 amide bonds. The summed E-state index contributed by atoms with van der Waals surface area (Å²) in [6, 6.07) is 25.0. The van der Waals surface area contributed by atoms with Crippen molar-refractivity contribution in [2.45, 2.75) is 25.3 Å². The summed E-state index contributed by atoms with van der Waals surface area (Å²) in [6.07, 6.45) is 1.88. The first kappa shape index (κ1) is 20.1. The summed E-state index contributed by atoms with van der Waals surface area (Å²) in [5, 5.41) is 4.74. The van der Waals surface area contributed by atoms with E-state index in [1.807, 2.05) is 85.9 Å². The van der Waals surface area contributed by atoms with Gasteiger partial charge in [0, 0.05) is 23.9 Å². The molecule has 0 aliphatic carbocycles. The molecule has 1 aromatic heterocycles. The van der Waals surface area contributed by atoms with Crippen LogP contribution in [-0.2, 0) is 16.6 Å². The van der Waals surface area contributed by atoms with Crippen molar-refractivity contribution in [2.75, 3.05) is 0 Å². The van der Waals surface area contributed by atoms with Crippen molar-refractivity contribution in [3.8, 4) is 16.9 Å². The molecule has 0 saturated carbocycles. The SMILES string of the molecule is Cc1ccc(C)c(S(=O)(=O)NCc2cn(-c3ccccc3)nc2-c2ccccc2)c1. The van der Waals surface area contributed by atoms with Gasteiger partial charge < -0.3 is 0 Å². The van der Waals surface area contributed by atoms with Gasteiger partial charge in [0.15, 0.2) is 0 Å². The number of aromatic nitrogens is 2. The Labute approximate surface area is 177 Å². The first-order valence-electron chi connectivity index (χ1n) is 9.70. The van der Waals surface area contributed by atoms with E-state index in [0.29, 0.717) is 4.90 Å². The third kappa shape index (κ3) is 4.20. The molecule has 0 fully saturated rings. The molecule has 152 valence electrons. The van der Waals surface area contributed by atoms with Gasteiger partial charge >= 0.3 is 0 Å². The molecular weight excluding hydrogens is 394 g/mol. The lowest BCUT2D eigenvalue weighted by atomic mass is 10.1. The number of hydrogen-bond donors (Lipinski definition) is 1. The van der Waals surface area contributed by atoms with Crippen molar-refractivity contribution in [3.05, 3.63) is 102 Å². The van der Waals surface area contributed by atoms with Crippen LogP contribution in [0.3, 0.4) is 0 Å². The number of benzene rings is 3. The van der Waals surface area contributed by atoms with Crippen LogP contribution in [0.2, 0.25) is 0 Å². The minimum atomic E-state index is -3.65. The van der Waals surface area contributed by atoms with Crippen LogP contribution in [0, 0.1) is 13.8 Å². The van der Waals surface area contributed by atoms with Crippen LogP contribution in [0.4, 0.5) is 0 Å². The molecule has 0 spiro atoms. The van der Waals surface area contributed by atoms with Crippen molar-refractivity contribution in [3.63, 3.8) is 0 Å². The van der Waals surface area contributed by atoms with Crippen molar-refractivity contribution >= 4 is 10.0 Å². The summed E-state index contributed by atoms with van der Waals surface area (Å²) in [7, 11) is -3.65. The average Bonchev–Trinajstić information content (AvgIpc) is 3.20. The molecular formula is C24H23N3O2S. The van der Waals surface area contributed by atoms with Gasteiger partial charge in [-0.2, -0.15) is 5.10 Å². The first-order chi connectivity index (χ1) is 14.4. The number of nitrogens with zero attached hydrogens (tertiary/aromatic N) is 2. The molecule has 6 heteroatoms. The lowest BCUT2D eigenvalue weighted by Crippen LogP contribution is -2.24. The highest BCUT2D eigenvalue weighted by Crippen LogP contribution is 2.24. The normalized spacial score (nSPS) is 11.5. The van der Waals surface area contributed by atoms with E-state index in [2.05, 4.69) is 4.72 Å². The number of aryl methyl sites for hydroxylation is 2. The van der Waals surface area contributed by atoms with E-state index in [9.17, 15) is 8.42 Å². The van der Waals surface area contributed by atoms with Crippen LogP contribution in [0.15, 0.2) is 90.0 Å². The lowest BCUT2D eigenvalue weighted by molar-refractivity contribution is 0.580. The van der Waals surface area contributed by atoms with E-state index in [1.54, 1.807) is 17.7 Å². The van der Waals surface area contributed by atoms with Gasteiger partial charge in [-0.05, 0) is 43.2 Å². The maximum absolute atomic E-state index is 13.0. The third-order valence-corrected chi connectivity index (χ3v) is 6.49. The Morgan fingerprint density at radius 2 is 1.57 bits per heavy atom.